The number of carbonyl (C=O) groups excluding carboxylic acids is 1. The first-order valence-corrected chi connectivity index (χ1v) is 11.2. The van der Waals surface area contributed by atoms with Gasteiger partial charge in [-0.25, -0.2) is 4.98 Å². The summed E-state index contributed by atoms with van der Waals surface area (Å²) in [6, 6.07) is 13.5. The lowest BCUT2D eigenvalue weighted by Gasteiger charge is -2.31. The number of rotatable bonds is 8. The molecule has 0 unspecified atom stereocenters. The second-order valence-electron chi connectivity index (χ2n) is 7.42. The zero-order valence-corrected chi connectivity index (χ0v) is 17.7. The van der Waals surface area contributed by atoms with Crippen LogP contribution in [0.3, 0.4) is 0 Å². The molecule has 30 heavy (non-hydrogen) atoms. The lowest BCUT2D eigenvalue weighted by atomic mass is 10.1. The lowest BCUT2D eigenvalue weighted by Crippen LogP contribution is -2.37. The van der Waals surface area contributed by atoms with E-state index in [1.807, 2.05) is 48.0 Å². The summed E-state index contributed by atoms with van der Waals surface area (Å²) in [6.07, 6.45) is 4.78. The molecule has 0 bridgehead atoms. The smallest absolute Gasteiger partial charge is 0.251 e. The normalized spacial score (nSPS) is 15.1. The quantitative estimate of drug-likeness (QED) is 0.601. The van der Waals surface area contributed by atoms with Crippen molar-refractivity contribution in [1.82, 2.24) is 20.2 Å². The Kier molecular flexibility index (Phi) is 7.05. The first-order valence-electron chi connectivity index (χ1n) is 10.3. The summed E-state index contributed by atoms with van der Waals surface area (Å²) in [5, 5.41) is 4.94. The molecule has 4 rings (SSSR count). The van der Waals surface area contributed by atoms with Crippen LogP contribution in [0.1, 0.15) is 34.6 Å². The van der Waals surface area contributed by atoms with Gasteiger partial charge >= 0.3 is 0 Å². The van der Waals surface area contributed by atoms with Gasteiger partial charge in [-0.2, -0.15) is 0 Å². The Balaban J connectivity index is 1.19. The van der Waals surface area contributed by atoms with Gasteiger partial charge in [-0.1, -0.05) is 6.07 Å². The van der Waals surface area contributed by atoms with Gasteiger partial charge in [0, 0.05) is 49.7 Å². The number of carbonyl (C=O) groups is 1. The molecule has 0 radical (unpaired) electrons. The van der Waals surface area contributed by atoms with Gasteiger partial charge in [0.05, 0.1) is 16.9 Å². The third kappa shape index (κ3) is 5.87. The molecule has 0 aliphatic carbocycles. The highest BCUT2D eigenvalue weighted by atomic mass is 32.1. The van der Waals surface area contributed by atoms with Crippen LogP contribution in [0, 0.1) is 0 Å². The van der Waals surface area contributed by atoms with Crippen molar-refractivity contribution in [2.75, 3.05) is 19.6 Å². The van der Waals surface area contributed by atoms with Gasteiger partial charge in [0.25, 0.3) is 5.91 Å². The van der Waals surface area contributed by atoms with Crippen molar-refractivity contribution in [1.29, 1.82) is 0 Å². The highest BCUT2D eigenvalue weighted by Crippen LogP contribution is 2.20. The van der Waals surface area contributed by atoms with Crippen LogP contribution in [-0.4, -0.2) is 46.5 Å². The van der Waals surface area contributed by atoms with E-state index in [2.05, 4.69) is 26.3 Å². The number of ether oxygens (including phenoxy) is 1. The van der Waals surface area contributed by atoms with Crippen LogP contribution in [-0.2, 0) is 13.0 Å². The molecule has 1 amide bonds. The Morgan fingerprint density at radius 3 is 2.63 bits per heavy atom. The van der Waals surface area contributed by atoms with Crippen molar-refractivity contribution in [3.05, 3.63) is 76.5 Å². The fourth-order valence-corrected chi connectivity index (χ4v) is 4.14. The molecule has 1 aromatic carbocycles. The summed E-state index contributed by atoms with van der Waals surface area (Å²) in [5.41, 5.74) is 4.57. The van der Waals surface area contributed by atoms with Crippen LogP contribution < -0.4 is 10.1 Å². The van der Waals surface area contributed by atoms with E-state index >= 15 is 0 Å². The van der Waals surface area contributed by atoms with E-state index in [-0.39, 0.29) is 12.0 Å². The standard InChI is InChI=1S/C23H26N4O2S/c28-23(25-12-8-20-16-30-17-26-20)18-4-6-21(7-5-18)29-22-9-13-27(14-10-22)15-19-3-1-2-11-24-19/h1-7,11,16-17,22H,8-10,12-15H2,(H,25,28). The summed E-state index contributed by atoms with van der Waals surface area (Å²) >= 11 is 1.57. The summed E-state index contributed by atoms with van der Waals surface area (Å²) in [4.78, 5) is 23.3. The van der Waals surface area contributed by atoms with Gasteiger partial charge in [-0.15, -0.1) is 11.3 Å². The molecule has 2 aromatic heterocycles. The molecular formula is C23H26N4O2S. The van der Waals surface area contributed by atoms with E-state index in [4.69, 9.17) is 4.74 Å². The Labute approximate surface area is 180 Å². The van der Waals surface area contributed by atoms with Crippen LogP contribution >= 0.6 is 11.3 Å². The molecule has 1 aliphatic rings. The van der Waals surface area contributed by atoms with Crippen LogP contribution in [0.5, 0.6) is 5.75 Å². The Morgan fingerprint density at radius 2 is 1.93 bits per heavy atom. The van der Waals surface area contributed by atoms with Gasteiger partial charge in [0.1, 0.15) is 11.9 Å². The molecule has 3 heterocycles. The number of nitrogens with one attached hydrogen (secondary N) is 1. The van der Waals surface area contributed by atoms with E-state index in [9.17, 15) is 4.79 Å². The average molecular weight is 423 g/mol. The summed E-state index contributed by atoms with van der Waals surface area (Å²) in [5.74, 6) is 0.747. The molecule has 3 aromatic rings. The van der Waals surface area contributed by atoms with Gasteiger partial charge in [0.15, 0.2) is 0 Å². The highest BCUT2D eigenvalue weighted by molar-refractivity contribution is 7.07. The van der Waals surface area contributed by atoms with Gasteiger partial charge in [0.2, 0.25) is 0 Å². The number of pyridine rings is 1. The number of piperidine rings is 1. The van der Waals surface area contributed by atoms with Crippen molar-refractivity contribution in [3.63, 3.8) is 0 Å². The molecule has 0 spiro atoms. The van der Waals surface area contributed by atoms with Crippen LogP contribution in [0.25, 0.3) is 0 Å². The number of hydrogen-bond donors (Lipinski definition) is 1. The molecule has 156 valence electrons. The minimum absolute atomic E-state index is 0.0698. The maximum atomic E-state index is 12.3. The first kappa shape index (κ1) is 20.5. The van der Waals surface area contributed by atoms with Crippen LogP contribution in [0.4, 0.5) is 0 Å². The minimum atomic E-state index is -0.0698. The van der Waals surface area contributed by atoms with E-state index in [0.29, 0.717) is 12.1 Å². The van der Waals surface area contributed by atoms with E-state index < -0.39 is 0 Å². The molecule has 7 heteroatoms. The first-order chi connectivity index (χ1) is 14.8. The minimum Gasteiger partial charge on any atom is -0.490 e. The molecule has 0 atom stereocenters. The zero-order valence-electron chi connectivity index (χ0n) is 16.9. The molecular weight excluding hydrogens is 396 g/mol. The van der Waals surface area contributed by atoms with Crippen molar-refractivity contribution in [2.24, 2.45) is 0 Å². The van der Waals surface area contributed by atoms with E-state index in [1.54, 1.807) is 16.8 Å². The fraction of sp³-hybridized carbons (Fsp3) is 0.348. The molecule has 1 fully saturated rings. The number of aromatic nitrogens is 2. The predicted molar refractivity (Wildman–Crippen MR) is 118 cm³/mol. The Hall–Kier alpha value is -2.77. The number of likely N-dealkylation sites (tertiary alicyclic amines) is 1. The number of benzene rings is 1. The molecule has 1 N–H and O–H groups in total. The largest absolute Gasteiger partial charge is 0.490 e. The third-order valence-corrected chi connectivity index (χ3v) is 5.85. The molecule has 0 saturated carbocycles. The van der Waals surface area contributed by atoms with Crippen LogP contribution in [0.15, 0.2) is 59.6 Å². The van der Waals surface area contributed by atoms with Crippen molar-refractivity contribution in [3.8, 4) is 5.75 Å². The maximum Gasteiger partial charge on any atom is 0.251 e. The van der Waals surface area contributed by atoms with Crippen molar-refractivity contribution >= 4 is 17.2 Å². The maximum absolute atomic E-state index is 12.3. The Morgan fingerprint density at radius 1 is 1.10 bits per heavy atom. The molecule has 1 aliphatic heterocycles. The molecule has 1 saturated heterocycles. The monoisotopic (exact) mass is 422 g/mol. The second kappa shape index (κ2) is 10.3. The average Bonchev–Trinajstić information content (AvgIpc) is 3.30. The van der Waals surface area contributed by atoms with Gasteiger partial charge in [-0.05, 0) is 49.2 Å². The topological polar surface area (TPSA) is 67.3 Å². The third-order valence-electron chi connectivity index (χ3n) is 5.22. The van der Waals surface area contributed by atoms with Crippen molar-refractivity contribution < 1.29 is 9.53 Å². The number of nitrogens with zero attached hydrogens (tertiary/aromatic N) is 3. The van der Waals surface area contributed by atoms with Gasteiger partial charge in [-0.3, -0.25) is 14.7 Å². The molecule has 6 nitrogen and oxygen atoms in total. The number of hydrogen-bond acceptors (Lipinski definition) is 6. The zero-order chi connectivity index (χ0) is 20.6. The highest BCUT2D eigenvalue weighted by Gasteiger charge is 2.21. The van der Waals surface area contributed by atoms with Crippen molar-refractivity contribution in [2.45, 2.75) is 31.9 Å². The predicted octanol–water partition coefficient (Wildman–Crippen LogP) is 3.55. The fourth-order valence-electron chi connectivity index (χ4n) is 3.55. The summed E-state index contributed by atoms with van der Waals surface area (Å²) in [6.45, 7) is 3.47. The number of amides is 1. The Bertz CT molecular complexity index is 908. The number of thiazole rings is 1. The van der Waals surface area contributed by atoms with E-state index in [1.165, 1.54) is 0 Å². The second-order valence-corrected chi connectivity index (χ2v) is 8.14. The summed E-state index contributed by atoms with van der Waals surface area (Å²) < 4.78 is 6.14. The van der Waals surface area contributed by atoms with Gasteiger partial charge < -0.3 is 10.1 Å². The SMILES string of the molecule is O=C(NCCc1cscn1)c1ccc(OC2CCN(Cc3ccccn3)CC2)cc1. The lowest BCUT2D eigenvalue weighted by molar-refractivity contribution is 0.0949. The van der Waals surface area contributed by atoms with Crippen LogP contribution in [0.2, 0.25) is 0 Å². The summed E-state index contributed by atoms with van der Waals surface area (Å²) in [7, 11) is 0. The van der Waals surface area contributed by atoms with E-state index in [0.717, 1.165) is 56.0 Å².